The normalized spacial score (nSPS) is 13.3. The molecule has 0 bridgehead atoms. The van der Waals surface area contributed by atoms with Crippen LogP contribution in [0.2, 0.25) is 0 Å². The number of carbonyl (C=O) groups is 1. The number of hydrogen-bond acceptors (Lipinski definition) is 5. The van der Waals surface area contributed by atoms with Gasteiger partial charge in [-0.15, -0.1) is 0 Å². The van der Waals surface area contributed by atoms with Gasteiger partial charge in [0, 0.05) is 0 Å². The Morgan fingerprint density at radius 2 is 0.780 bits per heavy atom. The van der Waals surface area contributed by atoms with Gasteiger partial charge in [-0.25, -0.2) is 0 Å². The van der Waals surface area contributed by atoms with E-state index in [-0.39, 0.29) is 19.8 Å². The van der Waals surface area contributed by atoms with Gasteiger partial charge >= 0.3 is 0 Å². The first-order chi connectivity index (χ1) is 24.8. The third-order valence-electron chi connectivity index (χ3n) is 8.71. The molecule has 0 N–H and O–H groups in total. The number of rotatable bonds is 18. The summed E-state index contributed by atoms with van der Waals surface area (Å²) in [6.07, 6.45) is -1.64. The quantitative estimate of drug-likeness (QED) is 0.0680. The number of hydrogen-bond donors (Lipinski definition) is 0. The molecule has 0 heterocycles. The molecule has 0 aliphatic carbocycles. The van der Waals surface area contributed by atoms with E-state index < -0.39 is 23.9 Å². The maximum atomic E-state index is 12.9. The second-order valence-corrected chi connectivity index (χ2v) is 12.1. The molecular formula is C45H42O5. The van der Waals surface area contributed by atoms with Crippen molar-refractivity contribution in [1.29, 1.82) is 0 Å². The van der Waals surface area contributed by atoms with E-state index in [1.54, 1.807) is 0 Å². The Labute approximate surface area is 295 Å². The van der Waals surface area contributed by atoms with E-state index in [0.717, 1.165) is 39.7 Å². The molecule has 0 aliphatic rings. The zero-order valence-corrected chi connectivity index (χ0v) is 28.0. The summed E-state index contributed by atoms with van der Waals surface area (Å²) in [6.45, 7) is 0.879. The van der Waals surface area contributed by atoms with Crippen LogP contribution in [0, 0.1) is 0 Å². The van der Waals surface area contributed by atoms with Crippen LogP contribution in [0.3, 0.4) is 0 Å². The smallest absolute Gasteiger partial charge is 0.151 e. The average molecular weight is 663 g/mol. The lowest BCUT2D eigenvalue weighted by molar-refractivity contribution is -0.176. The maximum Gasteiger partial charge on any atom is 0.151 e. The lowest BCUT2D eigenvalue weighted by Crippen LogP contribution is -2.47. The summed E-state index contributed by atoms with van der Waals surface area (Å²) in [5.41, 5.74) is 4.82. The Morgan fingerprint density at radius 3 is 1.16 bits per heavy atom. The van der Waals surface area contributed by atoms with Crippen molar-refractivity contribution in [3.05, 3.63) is 215 Å². The van der Waals surface area contributed by atoms with Crippen LogP contribution in [0.5, 0.6) is 0 Å². The maximum absolute atomic E-state index is 12.9. The standard InChI is InChI=1S/C45H42O5/c46-31-42(47-32-36-19-7-1-8-20-36)44(49-34-38-23-11-3-12-24-38)43(48-33-37-21-9-2-10-22-37)35-50-45(39-25-13-4-14-26-39,40-27-15-5-16-28-40)41-29-17-6-18-30-41/h1-31,42-44H,32-35H2/t42-,43-,44+/m0/s1. The van der Waals surface area contributed by atoms with E-state index in [1.165, 1.54) is 0 Å². The number of ether oxygens (including phenoxy) is 4. The highest BCUT2D eigenvalue weighted by Crippen LogP contribution is 2.41. The van der Waals surface area contributed by atoms with Crippen molar-refractivity contribution in [3.63, 3.8) is 0 Å². The van der Waals surface area contributed by atoms with Crippen LogP contribution in [-0.4, -0.2) is 31.2 Å². The SMILES string of the molecule is O=C[C@H](OCc1ccccc1)[C@@H](OCc1ccccc1)[C@H](COC(c1ccccc1)(c1ccccc1)c1ccccc1)OCc1ccccc1. The van der Waals surface area contributed by atoms with Gasteiger partial charge in [-0.2, -0.15) is 0 Å². The fourth-order valence-corrected chi connectivity index (χ4v) is 6.15. The summed E-state index contributed by atoms with van der Waals surface area (Å²) in [7, 11) is 0. The summed E-state index contributed by atoms with van der Waals surface area (Å²) < 4.78 is 26.9. The fourth-order valence-electron chi connectivity index (χ4n) is 6.15. The van der Waals surface area contributed by atoms with Gasteiger partial charge in [0.1, 0.15) is 23.9 Å². The van der Waals surface area contributed by atoms with Crippen molar-refractivity contribution in [2.24, 2.45) is 0 Å². The Balaban J connectivity index is 1.40. The molecule has 6 aromatic rings. The molecule has 0 amide bonds. The molecule has 5 heteroatoms. The monoisotopic (exact) mass is 662 g/mol. The van der Waals surface area contributed by atoms with Gasteiger partial charge in [0.2, 0.25) is 0 Å². The van der Waals surface area contributed by atoms with E-state index in [0.29, 0.717) is 6.61 Å². The van der Waals surface area contributed by atoms with E-state index in [2.05, 4.69) is 36.4 Å². The topological polar surface area (TPSA) is 54.0 Å². The summed E-state index contributed by atoms with van der Waals surface area (Å²) >= 11 is 0. The Hall–Kier alpha value is -5.17. The van der Waals surface area contributed by atoms with Gasteiger partial charge < -0.3 is 23.7 Å². The molecule has 50 heavy (non-hydrogen) atoms. The van der Waals surface area contributed by atoms with Gasteiger partial charge in [0.25, 0.3) is 0 Å². The second kappa shape index (κ2) is 18.0. The third-order valence-corrected chi connectivity index (χ3v) is 8.71. The number of aldehydes is 1. The van der Waals surface area contributed by atoms with E-state index in [4.69, 9.17) is 18.9 Å². The Bertz CT molecular complexity index is 1720. The minimum absolute atomic E-state index is 0.0873. The summed E-state index contributed by atoms with van der Waals surface area (Å²) in [5.74, 6) is 0. The second-order valence-electron chi connectivity index (χ2n) is 12.1. The van der Waals surface area contributed by atoms with Gasteiger partial charge in [-0.05, 0) is 33.4 Å². The van der Waals surface area contributed by atoms with Crippen molar-refractivity contribution >= 4 is 6.29 Å². The highest BCUT2D eigenvalue weighted by Gasteiger charge is 2.41. The lowest BCUT2D eigenvalue weighted by atomic mass is 9.80. The van der Waals surface area contributed by atoms with Crippen LogP contribution in [0.15, 0.2) is 182 Å². The average Bonchev–Trinajstić information content (AvgIpc) is 3.20. The number of benzene rings is 6. The zero-order chi connectivity index (χ0) is 34.3. The van der Waals surface area contributed by atoms with Crippen LogP contribution in [0.25, 0.3) is 0 Å². The van der Waals surface area contributed by atoms with E-state index >= 15 is 0 Å². The Morgan fingerprint density at radius 1 is 0.440 bits per heavy atom. The van der Waals surface area contributed by atoms with Crippen LogP contribution in [-0.2, 0) is 49.2 Å². The van der Waals surface area contributed by atoms with Crippen LogP contribution in [0.4, 0.5) is 0 Å². The molecule has 0 unspecified atom stereocenters. The van der Waals surface area contributed by atoms with Gasteiger partial charge in [-0.1, -0.05) is 182 Å². The molecule has 6 aromatic carbocycles. The Kier molecular flexibility index (Phi) is 12.5. The molecule has 3 atom stereocenters. The first-order valence-electron chi connectivity index (χ1n) is 17.0. The predicted octanol–water partition coefficient (Wildman–Crippen LogP) is 8.95. The highest BCUT2D eigenvalue weighted by molar-refractivity contribution is 5.57. The van der Waals surface area contributed by atoms with Crippen molar-refractivity contribution in [2.45, 2.75) is 43.7 Å². The molecule has 0 radical (unpaired) electrons. The summed E-state index contributed by atoms with van der Waals surface area (Å²) in [5, 5.41) is 0. The van der Waals surface area contributed by atoms with Gasteiger partial charge in [0.15, 0.2) is 6.29 Å². The van der Waals surface area contributed by atoms with Gasteiger partial charge in [0.05, 0.1) is 26.4 Å². The molecule has 252 valence electrons. The third kappa shape index (κ3) is 8.89. The van der Waals surface area contributed by atoms with Crippen molar-refractivity contribution in [1.82, 2.24) is 0 Å². The lowest BCUT2D eigenvalue weighted by Gasteiger charge is -2.39. The predicted molar refractivity (Wildman–Crippen MR) is 196 cm³/mol. The van der Waals surface area contributed by atoms with Crippen molar-refractivity contribution < 1.29 is 23.7 Å². The summed E-state index contributed by atoms with van der Waals surface area (Å²) in [6, 6.07) is 60.3. The molecule has 0 saturated heterocycles. The molecule has 0 aromatic heterocycles. The first kappa shape index (κ1) is 34.7. The molecule has 0 spiro atoms. The van der Waals surface area contributed by atoms with E-state index in [1.807, 2.05) is 146 Å². The van der Waals surface area contributed by atoms with Crippen LogP contribution in [0.1, 0.15) is 33.4 Å². The van der Waals surface area contributed by atoms with Crippen molar-refractivity contribution in [2.75, 3.05) is 6.61 Å². The largest absolute Gasteiger partial charge is 0.368 e. The van der Waals surface area contributed by atoms with Crippen molar-refractivity contribution in [3.8, 4) is 0 Å². The molecule has 5 nitrogen and oxygen atoms in total. The number of carbonyl (C=O) groups excluding carboxylic acids is 1. The molecule has 0 aliphatic heterocycles. The minimum atomic E-state index is -0.996. The fraction of sp³-hybridized carbons (Fsp3) is 0.178. The summed E-state index contributed by atoms with van der Waals surface area (Å²) in [4.78, 5) is 12.9. The highest BCUT2D eigenvalue weighted by atomic mass is 16.6. The first-order valence-corrected chi connectivity index (χ1v) is 17.0. The van der Waals surface area contributed by atoms with Crippen LogP contribution < -0.4 is 0 Å². The molecule has 6 rings (SSSR count). The zero-order valence-electron chi connectivity index (χ0n) is 28.0. The van der Waals surface area contributed by atoms with Gasteiger partial charge in [-0.3, -0.25) is 0 Å². The molecule has 0 fully saturated rings. The van der Waals surface area contributed by atoms with E-state index in [9.17, 15) is 4.79 Å². The molecular weight excluding hydrogens is 620 g/mol. The van der Waals surface area contributed by atoms with Crippen LogP contribution >= 0.6 is 0 Å². The minimum Gasteiger partial charge on any atom is -0.368 e. The molecule has 0 saturated carbocycles.